The first-order chi connectivity index (χ1) is 13.4. The van der Waals surface area contributed by atoms with Gasteiger partial charge in [0.1, 0.15) is 11.6 Å². The number of likely N-dealkylation sites (tertiary alicyclic amines) is 1. The molecule has 2 atom stereocenters. The van der Waals surface area contributed by atoms with Crippen LogP contribution in [0.5, 0.6) is 0 Å². The van der Waals surface area contributed by atoms with Gasteiger partial charge in [-0.1, -0.05) is 19.9 Å². The molecule has 0 aromatic carbocycles. The molecule has 0 saturated carbocycles. The highest BCUT2D eigenvalue weighted by Crippen LogP contribution is 2.24. The molecule has 1 unspecified atom stereocenters. The lowest BCUT2D eigenvalue weighted by atomic mass is 9.99. The van der Waals surface area contributed by atoms with Crippen LogP contribution >= 0.6 is 0 Å². The fraction of sp³-hybridized carbons (Fsp3) is 0.714. The van der Waals surface area contributed by atoms with Gasteiger partial charge < -0.3 is 19.9 Å². The van der Waals surface area contributed by atoms with Crippen LogP contribution in [0.4, 0.5) is 0 Å². The van der Waals surface area contributed by atoms with E-state index in [0.717, 1.165) is 6.42 Å². The normalized spacial score (nSPS) is 18.4. The predicted molar refractivity (Wildman–Crippen MR) is 110 cm³/mol. The fourth-order valence-corrected chi connectivity index (χ4v) is 3.35. The van der Waals surface area contributed by atoms with Gasteiger partial charge in [0.05, 0.1) is 12.6 Å². The summed E-state index contributed by atoms with van der Waals surface area (Å²) in [5.41, 5.74) is -0.136. The largest absolute Gasteiger partial charge is 0.458 e. The van der Waals surface area contributed by atoms with Crippen molar-refractivity contribution < 1.29 is 23.9 Å². The van der Waals surface area contributed by atoms with E-state index in [2.05, 4.69) is 5.32 Å². The summed E-state index contributed by atoms with van der Waals surface area (Å²) in [6.45, 7) is 11.4. The molecule has 1 aliphatic heterocycles. The minimum Gasteiger partial charge on any atom is -0.458 e. The molecule has 29 heavy (non-hydrogen) atoms. The second-order valence-corrected chi connectivity index (χ2v) is 8.78. The van der Waals surface area contributed by atoms with Crippen LogP contribution in [0.2, 0.25) is 0 Å². The molecule has 0 aliphatic carbocycles. The minimum absolute atomic E-state index is 0.0585. The third-order valence-electron chi connectivity index (χ3n) is 4.81. The lowest BCUT2D eigenvalue weighted by Gasteiger charge is -2.31. The highest BCUT2D eigenvalue weighted by atomic mass is 16.6. The summed E-state index contributed by atoms with van der Waals surface area (Å²) in [5.74, 6) is -0.803. The van der Waals surface area contributed by atoms with Crippen molar-refractivity contribution in [2.24, 2.45) is 5.92 Å². The predicted octanol–water partition coefficient (Wildman–Crippen LogP) is 1.49. The number of nitrogens with one attached hydrogen (secondary N) is 1. The van der Waals surface area contributed by atoms with E-state index < -0.39 is 11.6 Å². The summed E-state index contributed by atoms with van der Waals surface area (Å²) in [6, 6.07) is -0.902. The van der Waals surface area contributed by atoms with Gasteiger partial charge in [0, 0.05) is 19.2 Å². The summed E-state index contributed by atoms with van der Waals surface area (Å²) >= 11 is 0. The van der Waals surface area contributed by atoms with E-state index in [1.807, 2.05) is 13.8 Å². The van der Waals surface area contributed by atoms with Crippen LogP contribution in [0.1, 0.15) is 54.4 Å². The molecule has 3 amide bonds. The Morgan fingerprint density at radius 2 is 1.90 bits per heavy atom. The van der Waals surface area contributed by atoms with E-state index in [1.165, 1.54) is 4.90 Å². The average Bonchev–Trinajstić information content (AvgIpc) is 3.10. The van der Waals surface area contributed by atoms with E-state index in [1.54, 1.807) is 45.7 Å². The number of amides is 3. The molecule has 0 bridgehead atoms. The topological polar surface area (TPSA) is 96.0 Å². The van der Waals surface area contributed by atoms with Crippen LogP contribution in [0.15, 0.2) is 11.6 Å². The fourth-order valence-electron chi connectivity index (χ4n) is 3.35. The Hall–Kier alpha value is -2.38. The van der Waals surface area contributed by atoms with Crippen molar-refractivity contribution >= 4 is 24.2 Å². The lowest BCUT2D eigenvalue weighted by Crippen LogP contribution is -2.45. The highest BCUT2D eigenvalue weighted by Gasteiger charge is 2.37. The zero-order valence-electron chi connectivity index (χ0n) is 18.7. The summed E-state index contributed by atoms with van der Waals surface area (Å²) in [5, 5.41) is 2.36. The molecule has 8 heteroatoms. The van der Waals surface area contributed by atoms with Crippen molar-refractivity contribution in [3.8, 4) is 0 Å². The first-order valence-electron chi connectivity index (χ1n) is 10.0. The van der Waals surface area contributed by atoms with Gasteiger partial charge in [-0.25, -0.2) is 4.79 Å². The zero-order chi connectivity index (χ0) is 22.4. The third-order valence-corrected chi connectivity index (χ3v) is 4.81. The SMILES string of the molecule is C/C(=C\C(C(C)C)N(C)C(=O)CNC=O)C(=O)N1CCC[C@H]1C(=O)OC(C)(C)C. The summed E-state index contributed by atoms with van der Waals surface area (Å²) in [6.07, 6.45) is 3.56. The van der Waals surface area contributed by atoms with Gasteiger partial charge in [-0.2, -0.15) is 0 Å². The third kappa shape index (κ3) is 7.18. The van der Waals surface area contributed by atoms with Crippen LogP contribution in [-0.4, -0.2) is 71.8 Å². The summed E-state index contributed by atoms with van der Waals surface area (Å²) in [7, 11) is 1.65. The first-order valence-corrected chi connectivity index (χ1v) is 10.0. The standard InChI is InChI=1S/C21H35N3O5/c1-14(2)17(23(7)18(26)12-22-13-25)11-15(3)19(27)24-10-8-9-16(24)20(28)29-21(4,5)6/h11,13-14,16-17H,8-10,12H2,1-7H3,(H,22,25)/b15-11+/t16-,17?/m0/s1. The van der Waals surface area contributed by atoms with Crippen LogP contribution < -0.4 is 5.32 Å². The number of nitrogens with zero attached hydrogens (tertiary/aromatic N) is 2. The zero-order valence-corrected chi connectivity index (χ0v) is 18.7. The van der Waals surface area contributed by atoms with Gasteiger partial charge in [0.25, 0.3) is 0 Å². The first kappa shape index (κ1) is 24.7. The van der Waals surface area contributed by atoms with Gasteiger partial charge in [0.15, 0.2) is 0 Å². The van der Waals surface area contributed by atoms with E-state index in [0.29, 0.717) is 24.9 Å². The van der Waals surface area contributed by atoms with Gasteiger partial charge in [-0.15, -0.1) is 0 Å². The van der Waals surface area contributed by atoms with Crippen molar-refractivity contribution in [2.75, 3.05) is 20.1 Å². The smallest absolute Gasteiger partial charge is 0.329 e. The van der Waals surface area contributed by atoms with E-state index in [4.69, 9.17) is 4.74 Å². The summed E-state index contributed by atoms with van der Waals surface area (Å²) in [4.78, 5) is 51.3. The maximum Gasteiger partial charge on any atom is 0.329 e. The molecule has 0 spiro atoms. The number of ether oxygens (including phenoxy) is 1. The second kappa shape index (κ2) is 10.4. The number of rotatable bonds is 8. The maximum absolute atomic E-state index is 13.0. The molecule has 1 rings (SSSR count). The summed E-state index contributed by atoms with van der Waals surface area (Å²) < 4.78 is 5.47. The molecule has 164 valence electrons. The monoisotopic (exact) mass is 409 g/mol. The van der Waals surface area contributed by atoms with Gasteiger partial charge in [-0.05, 0) is 46.5 Å². The molecular formula is C21H35N3O5. The number of likely N-dealkylation sites (N-methyl/N-ethyl adjacent to an activating group) is 1. The Balaban J connectivity index is 2.97. The van der Waals surface area contributed by atoms with Gasteiger partial charge >= 0.3 is 5.97 Å². The second-order valence-electron chi connectivity index (χ2n) is 8.78. The molecule has 8 nitrogen and oxygen atoms in total. The Labute approximate surface area is 173 Å². The van der Waals surface area contributed by atoms with Crippen LogP contribution in [0, 0.1) is 5.92 Å². The molecule has 1 saturated heterocycles. The lowest BCUT2D eigenvalue weighted by molar-refractivity contribution is -0.162. The molecule has 1 aliphatic rings. The van der Waals surface area contributed by atoms with E-state index in [-0.39, 0.29) is 36.3 Å². The number of carbonyl (C=O) groups is 4. The molecule has 0 aromatic heterocycles. The quantitative estimate of drug-likeness (QED) is 0.372. The number of hydrogen-bond donors (Lipinski definition) is 1. The number of esters is 1. The van der Waals surface area contributed by atoms with Gasteiger partial charge in [-0.3, -0.25) is 14.4 Å². The van der Waals surface area contributed by atoms with Crippen LogP contribution in [-0.2, 0) is 23.9 Å². The molecule has 1 heterocycles. The Kier molecular flexibility index (Phi) is 8.85. The Morgan fingerprint density at radius 3 is 2.41 bits per heavy atom. The van der Waals surface area contributed by atoms with Crippen LogP contribution in [0.25, 0.3) is 0 Å². The number of carbonyl (C=O) groups excluding carboxylic acids is 4. The Bertz CT molecular complexity index is 651. The number of hydrogen-bond acceptors (Lipinski definition) is 5. The van der Waals surface area contributed by atoms with Crippen LogP contribution in [0.3, 0.4) is 0 Å². The Morgan fingerprint density at radius 1 is 1.28 bits per heavy atom. The van der Waals surface area contributed by atoms with E-state index >= 15 is 0 Å². The molecule has 1 fully saturated rings. The van der Waals surface area contributed by atoms with Gasteiger partial charge in [0.2, 0.25) is 18.2 Å². The molecule has 0 radical (unpaired) electrons. The highest BCUT2D eigenvalue weighted by molar-refractivity contribution is 5.96. The van der Waals surface area contributed by atoms with E-state index in [9.17, 15) is 19.2 Å². The molecule has 1 N–H and O–H groups in total. The maximum atomic E-state index is 13.0. The van der Waals surface area contributed by atoms with Crippen molar-refractivity contribution in [1.82, 2.24) is 15.1 Å². The van der Waals surface area contributed by atoms with Crippen molar-refractivity contribution in [3.05, 3.63) is 11.6 Å². The average molecular weight is 410 g/mol. The van der Waals surface area contributed by atoms with Crippen molar-refractivity contribution in [1.29, 1.82) is 0 Å². The molecular weight excluding hydrogens is 374 g/mol. The van der Waals surface area contributed by atoms with Crippen molar-refractivity contribution in [2.45, 2.75) is 72.1 Å². The molecule has 0 aromatic rings. The van der Waals surface area contributed by atoms with Crippen molar-refractivity contribution in [3.63, 3.8) is 0 Å². The minimum atomic E-state index is -0.610.